The van der Waals surface area contributed by atoms with Crippen molar-refractivity contribution in [2.24, 2.45) is 7.05 Å². The van der Waals surface area contributed by atoms with E-state index >= 15 is 0 Å². The monoisotopic (exact) mass is 395 g/mol. The van der Waals surface area contributed by atoms with Crippen LogP contribution >= 0.6 is 0 Å². The SMILES string of the molecule is CO[C@@H]1CN(c2ccnc(N(C)C)n2)C[C@@H]1Nc1ccc(-c2ccnn2C)nn1. The highest BCUT2D eigenvalue weighted by atomic mass is 16.5. The van der Waals surface area contributed by atoms with Gasteiger partial charge in [0.05, 0.1) is 17.8 Å². The van der Waals surface area contributed by atoms with Crippen molar-refractivity contribution in [1.82, 2.24) is 29.9 Å². The van der Waals surface area contributed by atoms with Gasteiger partial charge < -0.3 is 19.9 Å². The number of aryl methyl sites for hydroxylation is 1. The number of rotatable bonds is 6. The standard InChI is InChI=1S/C19H25N9O/c1-26(2)19-20-9-8-18(23-19)28-11-14(16(12-28)29-4)22-17-6-5-13(24-25-17)15-7-10-21-27(15)3/h5-10,14,16H,11-12H2,1-4H3,(H,22,25)/t14-,16+/m0/s1. The van der Waals surface area contributed by atoms with Gasteiger partial charge in [-0.15, -0.1) is 10.2 Å². The summed E-state index contributed by atoms with van der Waals surface area (Å²) in [5.41, 5.74) is 1.70. The van der Waals surface area contributed by atoms with Crippen molar-refractivity contribution < 1.29 is 4.74 Å². The molecule has 152 valence electrons. The minimum atomic E-state index is 0.00585. The molecule has 0 unspecified atom stereocenters. The van der Waals surface area contributed by atoms with Crippen molar-refractivity contribution in [2.75, 3.05) is 49.4 Å². The number of hydrogen-bond acceptors (Lipinski definition) is 9. The van der Waals surface area contributed by atoms with Crippen LogP contribution in [0.3, 0.4) is 0 Å². The predicted octanol–water partition coefficient (Wildman–Crippen LogP) is 1.05. The Morgan fingerprint density at radius 1 is 1.10 bits per heavy atom. The van der Waals surface area contributed by atoms with Crippen molar-refractivity contribution in [2.45, 2.75) is 12.1 Å². The lowest BCUT2D eigenvalue weighted by atomic mass is 10.2. The Bertz CT molecular complexity index is 956. The van der Waals surface area contributed by atoms with Crippen LogP contribution in [0.15, 0.2) is 36.7 Å². The van der Waals surface area contributed by atoms with E-state index in [1.807, 2.05) is 50.3 Å². The topological polar surface area (TPSA) is 97.1 Å². The van der Waals surface area contributed by atoms with Crippen LogP contribution in [0.2, 0.25) is 0 Å². The summed E-state index contributed by atoms with van der Waals surface area (Å²) in [6, 6.07) is 7.77. The lowest BCUT2D eigenvalue weighted by molar-refractivity contribution is 0.113. The second kappa shape index (κ2) is 8.00. The predicted molar refractivity (Wildman–Crippen MR) is 111 cm³/mol. The lowest BCUT2D eigenvalue weighted by Crippen LogP contribution is -2.34. The van der Waals surface area contributed by atoms with E-state index in [-0.39, 0.29) is 12.1 Å². The molecule has 3 aromatic rings. The van der Waals surface area contributed by atoms with Crippen LogP contribution in [0, 0.1) is 0 Å². The van der Waals surface area contributed by atoms with Gasteiger partial charge in [-0.25, -0.2) is 4.98 Å². The number of ether oxygens (including phenoxy) is 1. The fourth-order valence-corrected chi connectivity index (χ4v) is 3.43. The second-order valence-corrected chi connectivity index (χ2v) is 7.18. The Labute approximate surface area is 169 Å². The molecule has 1 aliphatic rings. The minimum Gasteiger partial charge on any atom is -0.377 e. The smallest absolute Gasteiger partial charge is 0.226 e. The molecule has 0 amide bonds. The quantitative estimate of drug-likeness (QED) is 0.657. The van der Waals surface area contributed by atoms with Crippen LogP contribution in [0.25, 0.3) is 11.4 Å². The average Bonchev–Trinajstić information content (AvgIpc) is 3.35. The fourth-order valence-electron chi connectivity index (χ4n) is 3.43. The molecule has 1 saturated heterocycles. The Morgan fingerprint density at radius 2 is 1.97 bits per heavy atom. The maximum absolute atomic E-state index is 5.71. The molecule has 1 fully saturated rings. The third kappa shape index (κ3) is 3.97. The molecule has 4 heterocycles. The summed E-state index contributed by atoms with van der Waals surface area (Å²) in [5.74, 6) is 2.28. The van der Waals surface area contributed by atoms with E-state index in [2.05, 4.69) is 35.5 Å². The van der Waals surface area contributed by atoms with Crippen molar-refractivity contribution in [3.05, 3.63) is 36.7 Å². The molecule has 3 aromatic heterocycles. The number of methoxy groups -OCH3 is 1. The summed E-state index contributed by atoms with van der Waals surface area (Å²) < 4.78 is 7.48. The van der Waals surface area contributed by atoms with Gasteiger partial charge in [0.1, 0.15) is 17.3 Å². The molecule has 0 saturated carbocycles. The third-order valence-corrected chi connectivity index (χ3v) is 5.00. The number of nitrogens with zero attached hydrogens (tertiary/aromatic N) is 8. The van der Waals surface area contributed by atoms with E-state index in [0.29, 0.717) is 11.8 Å². The number of hydrogen-bond donors (Lipinski definition) is 1. The summed E-state index contributed by atoms with van der Waals surface area (Å²) >= 11 is 0. The Hall–Kier alpha value is -3.27. The van der Waals surface area contributed by atoms with E-state index in [9.17, 15) is 0 Å². The van der Waals surface area contributed by atoms with Gasteiger partial charge in [-0.1, -0.05) is 0 Å². The highest BCUT2D eigenvalue weighted by Gasteiger charge is 2.34. The van der Waals surface area contributed by atoms with Crippen LogP contribution in [-0.4, -0.2) is 76.4 Å². The molecule has 0 bridgehead atoms. The molecule has 0 radical (unpaired) electrons. The molecule has 10 nitrogen and oxygen atoms in total. The normalized spacial score (nSPS) is 18.8. The molecule has 0 aliphatic carbocycles. The molecule has 0 spiro atoms. The van der Waals surface area contributed by atoms with E-state index < -0.39 is 0 Å². The molecule has 2 atom stereocenters. The van der Waals surface area contributed by atoms with Crippen LogP contribution < -0.4 is 15.1 Å². The van der Waals surface area contributed by atoms with Crippen LogP contribution in [0.5, 0.6) is 0 Å². The van der Waals surface area contributed by atoms with E-state index in [1.54, 1.807) is 24.2 Å². The first-order valence-electron chi connectivity index (χ1n) is 9.42. The molecule has 10 heteroatoms. The maximum Gasteiger partial charge on any atom is 0.226 e. The van der Waals surface area contributed by atoms with E-state index in [0.717, 1.165) is 30.3 Å². The highest BCUT2D eigenvalue weighted by molar-refractivity contribution is 5.55. The van der Waals surface area contributed by atoms with Gasteiger partial charge in [-0.2, -0.15) is 10.1 Å². The van der Waals surface area contributed by atoms with Crippen LogP contribution in [0.4, 0.5) is 17.6 Å². The largest absolute Gasteiger partial charge is 0.377 e. The summed E-state index contributed by atoms with van der Waals surface area (Å²) in [6.45, 7) is 1.48. The molecule has 29 heavy (non-hydrogen) atoms. The number of anilines is 3. The average molecular weight is 395 g/mol. The zero-order chi connectivity index (χ0) is 20.4. The summed E-state index contributed by atoms with van der Waals surface area (Å²) in [4.78, 5) is 13.0. The van der Waals surface area contributed by atoms with Gasteiger partial charge in [0.25, 0.3) is 0 Å². The maximum atomic E-state index is 5.71. The second-order valence-electron chi connectivity index (χ2n) is 7.18. The zero-order valence-corrected chi connectivity index (χ0v) is 17.0. The van der Waals surface area contributed by atoms with Crippen molar-refractivity contribution in [1.29, 1.82) is 0 Å². The molecule has 0 aromatic carbocycles. The van der Waals surface area contributed by atoms with Gasteiger partial charge in [-0.05, 0) is 24.3 Å². The van der Waals surface area contributed by atoms with E-state index in [1.165, 1.54) is 0 Å². The third-order valence-electron chi connectivity index (χ3n) is 5.00. The summed E-state index contributed by atoms with van der Waals surface area (Å²) in [7, 11) is 7.47. The summed E-state index contributed by atoms with van der Waals surface area (Å²) in [6.07, 6.45) is 3.53. The first kappa shape index (κ1) is 19.1. The van der Waals surface area contributed by atoms with Crippen LogP contribution in [0.1, 0.15) is 0 Å². The van der Waals surface area contributed by atoms with Gasteiger partial charge in [-0.3, -0.25) is 4.68 Å². The highest BCUT2D eigenvalue weighted by Crippen LogP contribution is 2.24. The van der Waals surface area contributed by atoms with Gasteiger partial charge in [0.15, 0.2) is 0 Å². The van der Waals surface area contributed by atoms with Crippen LogP contribution in [-0.2, 0) is 11.8 Å². The number of nitrogens with one attached hydrogen (secondary N) is 1. The Morgan fingerprint density at radius 3 is 2.62 bits per heavy atom. The Balaban J connectivity index is 1.47. The first-order chi connectivity index (χ1) is 14.0. The molecule has 4 rings (SSSR count). The summed E-state index contributed by atoms with van der Waals surface area (Å²) in [5, 5.41) is 16.3. The van der Waals surface area contributed by atoms with Gasteiger partial charge >= 0.3 is 0 Å². The molecular weight excluding hydrogens is 370 g/mol. The first-order valence-corrected chi connectivity index (χ1v) is 9.42. The van der Waals surface area contributed by atoms with Crippen molar-refractivity contribution in [3.8, 4) is 11.4 Å². The molecule has 1 N–H and O–H groups in total. The van der Waals surface area contributed by atoms with E-state index in [4.69, 9.17) is 4.74 Å². The van der Waals surface area contributed by atoms with Gasteiger partial charge in [0.2, 0.25) is 5.95 Å². The molecule has 1 aliphatic heterocycles. The van der Waals surface area contributed by atoms with Crippen molar-refractivity contribution >= 4 is 17.6 Å². The van der Waals surface area contributed by atoms with Crippen molar-refractivity contribution in [3.63, 3.8) is 0 Å². The van der Waals surface area contributed by atoms with Gasteiger partial charge in [0, 0.05) is 53.7 Å². The molecular formula is C19H25N9O. The number of aromatic nitrogens is 6. The zero-order valence-electron chi connectivity index (χ0n) is 17.0. The Kier molecular flexibility index (Phi) is 5.26. The minimum absolute atomic E-state index is 0.00585. The fraction of sp³-hybridized carbons (Fsp3) is 0.421. The lowest BCUT2D eigenvalue weighted by Gasteiger charge is -2.19.